The van der Waals surface area contributed by atoms with Crippen LogP contribution in [0.1, 0.15) is 31.8 Å². The molecular weight excluding hydrogens is 992 g/mol. The molecule has 7 heteroatoms. The summed E-state index contributed by atoms with van der Waals surface area (Å²) in [5, 5.41) is 1.81. The fourth-order valence-electron chi connectivity index (χ4n) is 9.10. The number of anilines is 4. The van der Waals surface area contributed by atoms with Crippen molar-refractivity contribution in [3.63, 3.8) is 0 Å². The van der Waals surface area contributed by atoms with Gasteiger partial charge in [0.1, 0.15) is 17.3 Å². The third kappa shape index (κ3) is 7.23. The first-order valence-corrected chi connectivity index (χ1v) is 21.7. The summed E-state index contributed by atoms with van der Waals surface area (Å²) in [5.41, 5.74) is 10.7. The minimum Gasteiger partial charge on any atom is -0.509 e. The van der Waals surface area contributed by atoms with Crippen LogP contribution in [0.3, 0.4) is 0 Å². The number of ether oxygens (including phenoxy) is 2. The van der Waals surface area contributed by atoms with Crippen LogP contribution in [0.15, 0.2) is 182 Å². The van der Waals surface area contributed by atoms with Crippen LogP contribution in [0.2, 0.25) is 0 Å². The first-order chi connectivity index (χ1) is 33.9. The average molecular weight is 1040 g/mol. The molecule has 0 saturated carbocycles. The molecule has 8 aromatic carbocycles. The van der Waals surface area contributed by atoms with Crippen molar-refractivity contribution < 1.29 is 37.4 Å². The summed E-state index contributed by atoms with van der Waals surface area (Å²) < 4.78 is 59.8. The minimum absolute atomic E-state index is 0. The van der Waals surface area contributed by atoms with Gasteiger partial charge >= 0.3 is 0 Å². The van der Waals surface area contributed by atoms with Crippen LogP contribution in [0, 0.1) is 31.6 Å². The second-order valence-corrected chi connectivity index (χ2v) is 16.6. The SMILES string of the molecule is [2H]C([2H])([2H])c1ccc2[c-]c1Oc1[c-]c3c(cc1)c1ccccc1n3-c1cc(C([2H])([2H])C(C)C)c(cn1)-c1ccc(cc1)Oc1ccc(cc1)-c1cccc(-c3ccccc3)c1N1[CH-]N2c2ccccc21.[Pt]. The van der Waals surface area contributed by atoms with E-state index >= 15 is 0 Å². The number of benzene rings is 8. The van der Waals surface area contributed by atoms with Gasteiger partial charge in [-0.05, 0) is 88.5 Å². The Morgan fingerprint density at radius 3 is 2.03 bits per heavy atom. The molecule has 0 atom stereocenters. The Morgan fingerprint density at radius 2 is 1.30 bits per heavy atom. The molecule has 324 valence electrons. The largest absolute Gasteiger partial charge is 0.509 e. The molecule has 12 bridgehead atoms. The maximum absolute atomic E-state index is 9.46. The third-order valence-electron chi connectivity index (χ3n) is 12.0. The van der Waals surface area contributed by atoms with Crippen LogP contribution in [-0.2, 0) is 27.4 Å². The van der Waals surface area contributed by atoms with Crippen molar-refractivity contribution in [2.24, 2.45) is 5.92 Å². The van der Waals surface area contributed by atoms with Crippen molar-refractivity contribution in [3.05, 3.63) is 212 Å². The predicted molar refractivity (Wildman–Crippen MR) is 264 cm³/mol. The van der Waals surface area contributed by atoms with E-state index in [0.717, 1.165) is 61.2 Å². The number of para-hydroxylation sites is 4. The Bertz CT molecular complexity index is 3650. The molecule has 0 spiro atoms. The van der Waals surface area contributed by atoms with E-state index in [4.69, 9.17) is 18.6 Å². The minimum atomic E-state index is -2.54. The zero-order valence-electron chi connectivity index (χ0n) is 40.9. The standard InChI is InChI=1S/C59H43N4O2.Pt/c1-38(2)32-43-33-58-60-36-52(43)42-23-28-46(29-24-42)64-45-26-21-41(22-27-45)49-16-11-15-48(40-12-5-4-6-13-40)59(49)62-37-61(54-18-9-10-19-55(54)62)44-25-20-39(3)57(34-44)65-47-30-31-51-50-14-7-8-17-53(50)63(58)56(51)35-47;/h4-31,33,36-38H,32H2,1-3H3;/q-3;/i3D3,32D2;. The molecule has 0 aliphatic carbocycles. The molecule has 15 rings (SSSR count). The first kappa shape index (κ1) is 35.9. The van der Waals surface area contributed by atoms with Gasteiger partial charge in [-0.2, -0.15) is 12.1 Å². The van der Waals surface area contributed by atoms with Gasteiger partial charge in [-0.1, -0.05) is 129 Å². The van der Waals surface area contributed by atoms with Crippen LogP contribution in [0.25, 0.3) is 61.0 Å². The monoisotopic (exact) mass is 1040 g/mol. The molecule has 0 fully saturated rings. The normalized spacial score (nSPS) is 14.2. The Morgan fingerprint density at radius 1 is 0.636 bits per heavy atom. The predicted octanol–water partition coefficient (Wildman–Crippen LogP) is 15.6. The van der Waals surface area contributed by atoms with E-state index in [1.165, 1.54) is 0 Å². The van der Waals surface area contributed by atoms with E-state index in [2.05, 4.69) is 65.6 Å². The number of hydrogen-bond donors (Lipinski definition) is 0. The second kappa shape index (κ2) is 16.9. The molecule has 5 aliphatic rings. The van der Waals surface area contributed by atoms with Crippen molar-refractivity contribution in [2.75, 3.05) is 9.80 Å². The number of rotatable bonds is 3. The van der Waals surface area contributed by atoms with Crippen LogP contribution < -0.4 is 19.3 Å². The van der Waals surface area contributed by atoms with Gasteiger partial charge in [0.2, 0.25) is 0 Å². The summed E-state index contributed by atoms with van der Waals surface area (Å²) in [5.74, 6) is 1.73. The van der Waals surface area contributed by atoms with Crippen molar-refractivity contribution in [1.29, 1.82) is 0 Å². The summed E-state index contributed by atoms with van der Waals surface area (Å²) in [7, 11) is 0. The van der Waals surface area contributed by atoms with Crippen molar-refractivity contribution in [1.82, 2.24) is 9.55 Å². The summed E-state index contributed by atoms with van der Waals surface area (Å²) in [4.78, 5) is 9.22. The Labute approximate surface area is 406 Å². The zero-order chi connectivity index (χ0) is 47.9. The van der Waals surface area contributed by atoms with Crippen LogP contribution in [-0.4, -0.2) is 9.55 Å². The number of aromatic nitrogens is 2. The molecular formula is C59H43N4O2Pt-3. The molecule has 0 amide bonds. The number of nitrogens with zero attached hydrogens (tertiary/aromatic N) is 4. The van der Waals surface area contributed by atoms with Gasteiger partial charge in [-0.25, -0.2) is 4.98 Å². The maximum atomic E-state index is 9.46. The number of aryl methyl sites for hydroxylation is 1. The number of fused-ring (bicyclic) bond motifs is 6. The van der Waals surface area contributed by atoms with Gasteiger partial charge in [0.05, 0.1) is 0 Å². The fourth-order valence-corrected chi connectivity index (χ4v) is 9.10. The molecule has 0 N–H and O–H groups in total. The van der Waals surface area contributed by atoms with E-state index in [9.17, 15) is 2.74 Å². The summed E-state index contributed by atoms with van der Waals surface area (Å²) >= 11 is 0. The van der Waals surface area contributed by atoms with Crippen LogP contribution in [0.5, 0.6) is 23.0 Å². The zero-order valence-corrected chi connectivity index (χ0v) is 38.2. The summed E-state index contributed by atoms with van der Waals surface area (Å²) in [6.07, 6.45) is -0.0101. The smallest absolute Gasteiger partial charge is 0.135 e. The maximum Gasteiger partial charge on any atom is 0.135 e. The Balaban J connectivity index is 0.00000547. The van der Waals surface area contributed by atoms with Crippen LogP contribution >= 0.6 is 0 Å². The number of pyridine rings is 1. The molecule has 5 aliphatic heterocycles. The Hall–Kier alpha value is -7.40. The van der Waals surface area contributed by atoms with Gasteiger partial charge < -0.3 is 23.8 Å². The summed E-state index contributed by atoms with van der Waals surface area (Å²) in [6.45, 7) is 3.24. The van der Waals surface area contributed by atoms with Gasteiger partial charge in [0.15, 0.2) is 0 Å². The molecule has 7 heterocycles. The van der Waals surface area contributed by atoms with Gasteiger partial charge in [-0.15, -0.1) is 47.6 Å². The van der Waals surface area contributed by atoms with E-state index in [1.54, 1.807) is 24.4 Å². The average Bonchev–Trinajstić information content (AvgIpc) is 3.92. The molecule has 0 radical (unpaired) electrons. The first-order valence-electron chi connectivity index (χ1n) is 24.2. The second-order valence-electron chi connectivity index (χ2n) is 16.6. The Kier molecular flexibility index (Phi) is 9.17. The van der Waals surface area contributed by atoms with Crippen molar-refractivity contribution >= 4 is 44.6 Å². The quantitative estimate of drug-likeness (QED) is 0.165. The molecule has 0 unspecified atom stereocenters. The topological polar surface area (TPSA) is 42.8 Å². The van der Waals surface area contributed by atoms with E-state index in [0.29, 0.717) is 39.6 Å². The molecule has 10 aromatic rings. The van der Waals surface area contributed by atoms with Gasteiger partial charge in [-0.3, -0.25) is 0 Å². The molecule has 6 nitrogen and oxygen atoms in total. The number of hydrogen-bond acceptors (Lipinski definition) is 5. The van der Waals surface area contributed by atoms with Crippen molar-refractivity contribution in [3.8, 4) is 62.2 Å². The van der Waals surface area contributed by atoms with Gasteiger partial charge in [0, 0.05) is 84.9 Å². The third-order valence-corrected chi connectivity index (χ3v) is 12.0. The van der Waals surface area contributed by atoms with E-state index < -0.39 is 13.2 Å². The van der Waals surface area contributed by atoms with E-state index in [-0.39, 0.29) is 44.0 Å². The molecule has 66 heavy (non-hydrogen) atoms. The summed E-state index contributed by atoms with van der Waals surface area (Å²) in [6, 6.07) is 64.3. The fraction of sp³-hybridized carbons (Fsp3) is 0.0847. The van der Waals surface area contributed by atoms with Crippen molar-refractivity contribution in [2.45, 2.75) is 27.1 Å². The molecule has 0 saturated heterocycles. The molecule has 2 aromatic heterocycles. The van der Waals surface area contributed by atoms with Gasteiger partial charge in [0.25, 0.3) is 0 Å². The van der Waals surface area contributed by atoms with E-state index in [1.807, 2.05) is 139 Å². The van der Waals surface area contributed by atoms with Crippen LogP contribution in [0.4, 0.5) is 22.7 Å².